The number of hydrogen-bond donors (Lipinski definition) is 2. The number of benzene rings is 1. The molecule has 1 saturated heterocycles. The average Bonchev–Trinajstić information content (AvgIpc) is 3.06. The molecule has 0 aliphatic carbocycles. The number of piperidine rings is 1. The first-order valence-corrected chi connectivity index (χ1v) is 9.55. The number of alkyl halides is 3. The molecule has 6 nitrogen and oxygen atoms in total. The van der Waals surface area contributed by atoms with E-state index in [-0.39, 0.29) is 0 Å². The molecule has 2 N–H and O–H groups in total. The second-order valence-corrected chi connectivity index (χ2v) is 7.34. The lowest BCUT2D eigenvalue weighted by molar-refractivity contribution is -0.192. The minimum absolute atomic E-state index is 0.535. The van der Waals surface area contributed by atoms with Gasteiger partial charge in [-0.1, -0.05) is 12.1 Å². The summed E-state index contributed by atoms with van der Waals surface area (Å²) in [7, 11) is 0. The van der Waals surface area contributed by atoms with Crippen molar-refractivity contribution in [2.45, 2.75) is 44.6 Å². The molecule has 1 aromatic carbocycles. The highest BCUT2D eigenvalue weighted by molar-refractivity contribution is 5.73. The molecule has 2 aliphatic rings. The van der Waals surface area contributed by atoms with Crippen molar-refractivity contribution < 1.29 is 32.5 Å². The molecule has 1 unspecified atom stereocenters. The second kappa shape index (κ2) is 8.51. The maximum absolute atomic E-state index is 10.6. The van der Waals surface area contributed by atoms with Crippen LogP contribution < -0.4 is 14.8 Å². The van der Waals surface area contributed by atoms with Crippen molar-refractivity contribution in [3.05, 3.63) is 53.3 Å². The van der Waals surface area contributed by atoms with Crippen LogP contribution in [-0.4, -0.2) is 35.3 Å². The fourth-order valence-electron chi connectivity index (χ4n) is 3.46. The molecule has 2 aliphatic heterocycles. The number of pyridine rings is 1. The summed E-state index contributed by atoms with van der Waals surface area (Å²) in [5.41, 5.74) is 3.20. The van der Waals surface area contributed by atoms with Gasteiger partial charge in [0.15, 0.2) is 11.5 Å². The third kappa shape index (κ3) is 4.84. The summed E-state index contributed by atoms with van der Waals surface area (Å²) in [4.78, 5) is 13.3. The molecule has 9 heteroatoms. The third-order valence-corrected chi connectivity index (χ3v) is 5.07. The van der Waals surface area contributed by atoms with E-state index in [1.54, 1.807) is 0 Å². The zero-order valence-corrected chi connectivity index (χ0v) is 16.6. The molecule has 4 rings (SSSR count). The largest absolute Gasteiger partial charge is 0.490 e. The summed E-state index contributed by atoms with van der Waals surface area (Å²) in [6.07, 6.45) is -0.962. The Kier molecular flexibility index (Phi) is 6.21. The van der Waals surface area contributed by atoms with E-state index in [9.17, 15) is 13.2 Å². The Hall–Kier alpha value is -2.81. The van der Waals surface area contributed by atoms with Gasteiger partial charge in [-0.3, -0.25) is 4.98 Å². The van der Waals surface area contributed by atoms with E-state index in [0.717, 1.165) is 48.7 Å². The van der Waals surface area contributed by atoms with Gasteiger partial charge < -0.3 is 19.9 Å². The van der Waals surface area contributed by atoms with Crippen molar-refractivity contribution in [3.8, 4) is 11.5 Å². The first kappa shape index (κ1) is 21.9. The number of nitrogens with one attached hydrogen (secondary N) is 1. The van der Waals surface area contributed by atoms with E-state index in [2.05, 4.69) is 22.4 Å². The Morgan fingerprint density at radius 3 is 2.43 bits per heavy atom. The number of fused-ring (bicyclic) bond motifs is 1. The van der Waals surface area contributed by atoms with Crippen LogP contribution >= 0.6 is 0 Å². The van der Waals surface area contributed by atoms with Gasteiger partial charge in [-0.2, -0.15) is 13.2 Å². The van der Waals surface area contributed by atoms with Crippen molar-refractivity contribution in [2.75, 3.05) is 13.1 Å². The maximum Gasteiger partial charge on any atom is 0.490 e. The fraction of sp³-hybridized carbons (Fsp3) is 0.429. The highest BCUT2D eigenvalue weighted by atomic mass is 19.4. The zero-order chi connectivity index (χ0) is 21.9. The molecule has 0 spiro atoms. The number of nitrogens with zero attached hydrogens (tertiary/aromatic N) is 1. The van der Waals surface area contributed by atoms with E-state index in [1.807, 2.05) is 38.2 Å². The molecule has 0 radical (unpaired) electrons. The summed E-state index contributed by atoms with van der Waals surface area (Å²) < 4.78 is 44.2. The monoisotopic (exact) mass is 424 g/mol. The summed E-state index contributed by atoms with van der Waals surface area (Å²) in [5, 5.41) is 10.5. The van der Waals surface area contributed by atoms with Crippen molar-refractivity contribution in [3.63, 3.8) is 0 Å². The van der Waals surface area contributed by atoms with E-state index in [0.29, 0.717) is 5.92 Å². The lowest BCUT2D eigenvalue weighted by atomic mass is 9.89. The van der Waals surface area contributed by atoms with Gasteiger partial charge in [0.25, 0.3) is 5.79 Å². The standard InChI is InChI=1S/C19H22N2O2.C2HF3O2/c1-13-6-7-15(12-21-13)19(2)22-17-5-3-4-16(18(17)23-19)14-8-10-20-11-9-14;3-2(4,5)1(6)7/h3-7,12,14,20H,8-11H2,1-2H3;(H,6,7). The molecule has 1 fully saturated rings. The van der Waals surface area contributed by atoms with Crippen LogP contribution in [0.5, 0.6) is 11.5 Å². The normalized spacial score (nSPS) is 21.0. The van der Waals surface area contributed by atoms with Gasteiger partial charge in [0.2, 0.25) is 0 Å². The van der Waals surface area contributed by atoms with Crippen molar-refractivity contribution in [1.29, 1.82) is 0 Å². The van der Waals surface area contributed by atoms with Crippen LogP contribution in [0.1, 0.15) is 42.5 Å². The van der Waals surface area contributed by atoms with Crippen LogP contribution in [0, 0.1) is 6.92 Å². The minimum Gasteiger partial charge on any atom is -0.475 e. The molecule has 0 amide bonds. The zero-order valence-electron chi connectivity index (χ0n) is 16.6. The van der Waals surface area contributed by atoms with Gasteiger partial charge in [0.05, 0.1) is 5.56 Å². The molecule has 30 heavy (non-hydrogen) atoms. The van der Waals surface area contributed by atoms with Crippen LogP contribution in [0.2, 0.25) is 0 Å². The van der Waals surface area contributed by atoms with Gasteiger partial charge in [0.1, 0.15) is 0 Å². The first-order chi connectivity index (χ1) is 14.1. The van der Waals surface area contributed by atoms with Crippen LogP contribution in [0.4, 0.5) is 13.2 Å². The smallest absolute Gasteiger partial charge is 0.475 e. The summed E-state index contributed by atoms with van der Waals surface area (Å²) in [6.45, 7) is 6.07. The highest BCUT2D eigenvalue weighted by Crippen LogP contribution is 2.48. The number of rotatable bonds is 2. The number of hydrogen-bond acceptors (Lipinski definition) is 5. The second-order valence-electron chi connectivity index (χ2n) is 7.34. The first-order valence-electron chi connectivity index (χ1n) is 9.55. The topological polar surface area (TPSA) is 80.7 Å². The third-order valence-electron chi connectivity index (χ3n) is 5.07. The molecule has 0 bridgehead atoms. The molecule has 0 saturated carbocycles. The summed E-state index contributed by atoms with van der Waals surface area (Å²) in [5.74, 6) is -1.28. The van der Waals surface area contributed by atoms with Crippen LogP contribution in [0.25, 0.3) is 0 Å². The SMILES string of the molecule is Cc1ccc(C2(C)Oc3cccc(C4CCNCC4)c3O2)cn1.O=C(O)C(F)(F)F. The van der Waals surface area contributed by atoms with Crippen molar-refractivity contribution in [2.24, 2.45) is 0 Å². The van der Waals surface area contributed by atoms with Crippen LogP contribution in [0.3, 0.4) is 0 Å². The number of aliphatic carboxylic acids is 1. The number of ether oxygens (including phenoxy) is 2. The lowest BCUT2D eigenvalue weighted by Crippen LogP contribution is -2.32. The fourth-order valence-corrected chi connectivity index (χ4v) is 3.46. The quantitative estimate of drug-likeness (QED) is 0.755. The van der Waals surface area contributed by atoms with Crippen molar-refractivity contribution in [1.82, 2.24) is 10.3 Å². The average molecular weight is 424 g/mol. The summed E-state index contributed by atoms with van der Waals surface area (Å²) in [6, 6.07) is 10.3. The van der Waals surface area contributed by atoms with E-state index in [4.69, 9.17) is 19.4 Å². The number of aryl methyl sites for hydroxylation is 1. The van der Waals surface area contributed by atoms with Gasteiger partial charge in [-0.05, 0) is 57.0 Å². The molecule has 1 atom stereocenters. The molecular weight excluding hydrogens is 401 g/mol. The number of para-hydroxylation sites is 1. The summed E-state index contributed by atoms with van der Waals surface area (Å²) >= 11 is 0. The van der Waals surface area contributed by atoms with E-state index in [1.165, 1.54) is 5.56 Å². The number of carboxylic acids is 1. The molecular formula is C21H23F3N2O4. The Labute approximate surface area is 172 Å². The maximum atomic E-state index is 10.6. The van der Waals surface area contributed by atoms with Gasteiger partial charge in [-0.15, -0.1) is 0 Å². The molecule has 2 aromatic rings. The van der Waals surface area contributed by atoms with Crippen molar-refractivity contribution >= 4 is 5.97 Å². The van der Waals surface area contributed by atoms with E-state index < -0.39 is 17.9 Å². The number of aromatic nitrogens is 1. The number of halogens is 3. The predicted molar refractivity (Wildman–Crippen MR) is 103 cm³/mol. The Morgan fingerprint density at radius 1 is 1.20 bits per heavy atom. The molecule has 162 valence electrons. The predicted octanol–water partition coefficient (Wildman–Crippen LogP) is 4.13. The van der Waals surface area contributed by atoms with E-state index >= 15 is 0 Å². The minimum atomic E-state index is -5.08. The molecule has 3 heterocycles. The highest BCUT2D eigenvalue weighted by Gasteiger charge is 2.41. The number of carboxylic acid groups (broad SMARTS) is 1. The number of carbonyl (C=O) groups is 1. The van der Waals surface area contributed by atoms with Gasteiger partial charge in [0, 0.05) is 24.4 Å². The van der Waals surface area contributed by atoms with Gasteiger partial charge >= 0.3 is 12.1 Å². The molecule has 1 aromatic heterocycles. The Balaban J connectivity index is 0.000000318. The van der Waals surface area contributed by atoms with Gasteiger partial charge in [-0.25, -0.2) is 4.79 Å². The lowest BCUT2D eigenvalue weighted by Gasteiger charge is -2.25. The Morgan fingerprint density at radius 2 is 1.87 bits per heavy atom. The Bertz CT molecular complexity index is 896. The van der Waals surface area contributed by atoms with Crippen LogP contribution in [0.15, 0.2) is 36.5 Å². The van der Waals surface area contributed by atoms with Crippen LogP contribution in [-0.2, 0) is 10.6 Å².